The lowest BCUT2D eigenvalue weighted by atomic mass is 10.1. The molecule has 0 radical (unpaired) electrons. The summed E-state index contributed by atoms with van der Waals surface area (Å²) in [7, 11) is 1.31. The Hall–Kier alpha value is -2.20. The van der Waals surface area contributed by atoms with Gasteiger partial charge in [-0.3, -0.25) is 14.5 Å². The number of carbonyl (C=O) groups excluding carboxylic acids is 3. The van der Waals surface area contributed by atoms with Crippen molar-refractivity contribution in [3.8, 4) is 0 Å². The number of anilines is 1. The summed E-state index contributed by atoms with van der Waals surface area (Å²) in [6.07, 6.45) is 2.38. The molecule has 0 spiro atoms. The van der Waals surface area contributed by atoms with E-state index in [1.807, 2.05) is 6.92 Å². The van der Waals surface area contributed by atoms with Gasteiger partial charge in [0.2, 0.25) is 11.0 Å². The minimum atomic E-state index is -0.467. The van der Waals surface area contributed by atoms with Gasteiger partial charge in [-0.25, -0.2) is 4.79 Å². The van der Waals surface area contributed by atoms with Gasteiger partial charge < -0.3 is 9.72 Å². The van der Waals surface area contributed by atoms with Crippen LogP contribution in [0.15, 0.2) is 4.34 Å². The van der Waals surface area contributed by atoms with Crippen LogP contribution in [0.1, 0.15) is 65.2 Å². The number of ether oxygens (including phenoxy) is 1. The smallest absolute Gasteiger partial charge is 0.339 e. The molecule has 0 aromatic carbocycles. The van der Waals surface area contributed by atoms with Crippen molar-refractivity contribution in [2.75, 3.05) is 12.0 Å². The summed E-state index contributed by atoms with van der Waals surface area (Å²) in [6, 6.07) is 0.216. The predicted octanol–water partition coefficient (Wildman–Crippen LogP) is 3.54. The van der Waals surface area contributed by atoms with Crippen molar-refractivity contribution in [2.24, 2.45) is 0 Å². The molecule has 8 nitrogen and oxygen atoms in total. The Morgan fingerprint density at radius 3 is 2.59 bits per heavy atom. The fourth-order valence-corrected chi connectivity index (χ4v) is 5.26. The van der Waals surface area contributed by atoms with Crippen LogP contribution < -0.4 is 4.90 Å². The van der Waals surface area contributed by atoms with Crippen molar-refractivity contribution in [2.45, 2.75) is 62.6 Å². The minimum Gasteiger partial charge on any atom is -0.465 e. The number of hydrogen-bond donors (Lipinski definition) is 1. The first-order valence-electron chi connectivity index (χ1n) is 9.42. The van der Waals surface area contributed by atoms with Crippen LogP contribution in [0.25, 0.3) is 0 Å². The van der Waals surface area contributed by atoms with E-state index in [-0.39, 0.29) is 17.7 Å². The van der Waals surface area contributed by atoms with Crippen LogP contribution in [-0.2, 0) is 9.53 Å². The molecule has 2 aromatic rings. The second kappa shape index (κ2) is 8.66. The lowest BCUT2D eigenvalue weighted by Crippen LogP contribution is -2.32. The van der Waals surface area contributed by atoms with Crippen LogP contribution in [0.3, 0.4) is 0 Å². The van der Waals surface area contributed by atoms with Crippen molar-refractivity contribution in [1.82, 2.24) is 15.2 Å². The number of methoxy groups -OCH3 is 1. The second-order valence-corrected chi connectivity index (χ2v) is 9.48. The van der Waals surface area contributed by atoms with Gasteiger partial charge in [0.25, 0.3) is 0 Å². The molecule has 29 heavy (non-hydrogen) atoms. The van der Waals surface area contributed by atoms with Crippen molar-refractivity contribution in [3.05, 3.63) is 22.5 Å². The Labute approximate surface area is 177 Å². The van der Waals surface area contributed by atoms with E-state index < -0.39 is 11.2 Å². The summed E-state index contributed by atoms with van der Waals surface area (Å²) in [5.41, 5.74) is 1.97. The number of carbonyl (C=O) groups is 3. The molecule has 1 atom stereocenters. The summed E-state index contributed by atoms with van der Waals surface area (Å²) in [5, 5.41) is 8.49. The molecule has 3 rings (SSSR count). The number of hydrogen-bond acceptors (Lipinski definition) is 8. The fraction of sp³-hybridized carbons (Fsp3) is 0.526. The third-order valence-corrected chi connectivity index (χ3v) is 6.91. The summed E-state index contributed by atoms with van der Waals surface area (Å²) in [6.45, 7) is 7.09. The summed E-state index contributed by atoms with van der Waals surface area (Å²) < 4.78 is 5.43. The quantitative estimate of drug-likeness (QED) is 0.292. The van der Waals surface area contributed by atoms with E-state index in [2.05, 4.69) is 15.2 Å². The lowest BCUT2D eigenvalue weighted by molar-refractivity contribution is -0.118. The van der Waals surface area contributed by atoms with E-state index in [4.69, 9.17) is 4.74 Å². The average molecular weight is 437 g/mol. The van der Waals surface area contributed by atoms with Crippen molar-refractivity contribution in [3.63, 3.8) is 0 Å². The molecule has 2 aromatic heterocycles. The number of Topliss-reactive ketones (excluding diaryl/α,β-unsaturated/α-hetero) is 1. The zero-order valence-electron chi connectivity index (χ0n) is 17.1. The van der Waals surface area contributed by atoms with Crippen LogP contribution in [0.4, 0.5) is 5.13 Å². The monoisotopic (exact) mass is 436 g/mol. The van der Waals surface area contributed by atoms with E-state index in [0.717, 1.165) is 12.8 Å². The van der Waals surface area contributed by atoms with Gasteiger partial charge in [-0.05, 0) is 39.2 Å². The maximum Gasteiger partial charge on any atom is 0.339 e. The van der Waals surface area contributed by atoms with Crippen LogP contribution >= 0.6 is 23.1 Å². The Kier molecular flexibility index (Phi) is 6.42. The molecule has 1 saturated carbocycles. The highest BCUT2D eigenvalue weighted by atomic mass is 32.2. The maximum atomic E-state index is 12.9. The van der Waals surface area contributed by atoms with Gasteiger partial charge in [-0.15, -0.1) is 10.2 Å². The molecule has 1 fully saturated rings. The summed E-state index contributed by atoms with van der Waals surface area (Å²) in [5.74, 6) is -0.562. The van der Waals surface area contributed by atoms with Gasteiger partial charge in [0.15, 0.2) is 10.1 Å². The molecular weight excluding hydrogens is 412 g/mol. The molecule has 0 aliphatic heterocycles. The van der Waals surface area contributed by atoms with Crippen LogP contribution in [-0.4, -0.2) is 51.2 Å². The van der Waals surface area contributed by atoms with Crippen LogP contribution in [0.2, 0.25) is 0 Å². The second-order valence-electron chi connectivity index (χ2n) is 6.94. The van der Waals surface area contributed by atoms with Crippen LogP contribution in [0, 0.1) is 13.8 Å². The summed E-state index contributed by atoms with van der Waals surface area (Å²) in [4.78, 5) is 41.9. The molecular formula is C19H24N4O4S2. The molecule has 1 N–H and O–H groups in total. The number of amides is 1. The average Bonchev–Trinajstić information content (AvgIpc) is 3.35. The van der Waals surface area contributed by atoms with E-state index in [1.54, 1.807) is 25.7 Å². The Morgan fingerprint density at radius 2 is 2.00 bits per heavy atom. The molecule has 1 aliphatic carbocycles. The SMILES string of the molecule is CCC(=O)N(c1nnc(S[C@H](C)C(=O)c2[nH]c(C)c(C(=O)OC)c2C)s1)C1CC1. The number of H-pyrrole nitrogens is 1. The van der Waals surface area contributed by atoms with E-state index in [9.17, 15) is 14.4 Å². The molecule has 1 amide bonds. The van der Waals surface area contributed by atoms with Crippen molar-refractivity contribution in [1.29, 1.82) is 0 Å². The number of aromatic amines is 1. The lowest BCUT2D eigenvalue weighted by Gasteiger charge is -2.17. The van der Waals surface area contributed by atoms with Gasteiger partial charge >= 0.3 is 5.97 Å². The van der Waals surface area contributed by atoms with Gasteiger partial charge in [-0.2, -0.15) is 0 Å². The highest BCUT2D eigenvalue weighted by Gasteiger charge is 2.35. The fourth-order valence-electron chi connectivity index (χ4n) is 3.13. The Balaban J connectivity index is 1.75. The molecule has 156 valence electrons. The summed E-state index contributed by atoms with van der Waals surface area (Å²) >= 11 is 2.62. The topological polar surface area (TPSA) is 105 Å². The highest BCUT2D eigenvalue weighted by Crippen LogP contribution is 2.37. The largest absolute Gasteiger partial charge is 0.465 e. The highest BCUT2D eigenvalue weighted by molar-refractivity contribution is 8.02. The zero-order chi connectivity index (χ0) is 21.3. The van der Waals surface area contributed by atoms with Crippen molar-refractivity contribution >= 4 is 45.9 Å². The van der Waals surface area contributed by atoms with E-state index in [0.29, 0.717) is 38.4 Å². The van der Waals surface area contributed by atoms with E-state index in [1.165, 1.54) is 30.2 Å². The van der Waals surface area contributed by atoms with Gasteiger partial charge in [-0.1, -0.05) is 30.0 Å². The van der Waals surface area contributed by atoms with Crippen molar-refractivity contribution < 1.29 is 19.1 Å². The number of aryl methyl sites for hydroxylation is 1. The molecule has 0 unspecified atom stereocenters. The molecule has 0 bridgehead atoms. The predicted molar refractivity (Wildman–Crippen MR) is 112 cm³/mol. The molecule has 2 heterocycles. The maximum absolute atomic E-state index is 12.9. The van der Waals surface area contributed by atoms with E-state index >= 15 is 0 Å². The zero-order valence-corrected chi connectivity index (χ0v) is 18.7. The molecule has 1 aliphatic rings. The first kappa shape index (κ1) is 21.5. The first-order chi connectivity index (χ1) is 13.8. The normalized spacial score (nSPS) is 14.5. The molecule has 0 saturated heterocycles. The number of esters is 1. The number of nitrogens with zero attached hydrogens (tertiary/aromatic N) is 3. The standard InChI is InChI=1S/C19H24N4O4S2/c1-6-13(24)23(12-7-8-12)18-21-22-19(29-18)28-11(4)16(25)15-9(2)14(10(3)20-15)17(26)27-5/h11-12,20H,6-8H2,1-5H3/t11-/m1/s1. The number of nitrogens with one attached hydrogen (secondary N) is 1. The van der Waals surface area contributed by atoms with Crippen LogP contribution in [0.5, 0.6) is 0 Å². The number of ketones is 1. The minimum absolute atomic E-state index is 0.0390. The van der Waals surface area contributed by atoms with Gasteiger partial charge in [0.1, 0.15) is 0 Å². The Bertz CT molecular complexity index is 948. The first-order valence-corrected chi connectivity index (χ1v) is 11.1. The third kappa shape index (κ3) is 4.37. The van der Waals surface area contributed by atoms with Gasteiger partial charge in [0, 0.05) is 18.2 Å². The number of rotatable bonds is 8. The Morgan fingerprint density at radius 1 is 1.31 bits per heavy atom. The number of thioether (sulfide) groups is 1. The molecule has 10 heteroatoms. The third-order valence-electron chi connectivity index (χ3n) is 4.81. The number of aromatic nitrogens is 3. The van der Waals surface area contributed by atoms with Gasteiger partial charge in [0.05, 0.1) is 23.6 Å².